The largest absolute Gasteiger partial charge is 0.312 e. The van der Waals surface area contributed by atoms with Gasteiger partial charge in [-0.15, -0.1) is 0 Å². The fourth-order valence-corrected chi connectivity index (χ4v) is 2.88. The number of aromatic nitrogens is 2. The van der Waals surface area contributed by atoms with Crippen LogP contribution in [0.5, 0.6) is 0 Å². The van der Waals surface area contributed by atoms with Gasteiger partial charge in [-0.05, 0) is 51.0 Å². The molecular weight excluding hydrogens is 304 g/mol. The van der Waals surface area contributed by atoms with E-state index in [2.05, 4.69) is 10.4 Å². The first kappa shape index (κ1) is 16.2. The van der Waals surface area contributed by atoms with Crippen LogP contribution in [0.3, 0.4) is 0 Å². The van der Waals surface area contributed by atoms with Gasteiger partial charge in [0.15, 0.2) is 0 Å². The van der Waals surface area contributed by atoms with E-state index in [0.717, 1.165) is 25.1 Å². The Hall–Kier alpha value is -2.63. The van der Waals surface area contributed by atoms with Crippen LogP contribution < -0.4 is 10.2 Å². The van der Waals surface area contributed by atoms with Gasteiger partial charge in [-0.1, -0.05) is 0 Å². The number of nitrogens with zero attached hydrogens (tertiary/aromatic N) is 3. The first-order valence-corrected chi connectivity index (χ1v) is 8.31. The van der Waals surface area contributed by atoms with Crippen LogP contribution in [0.2, 0.25) is 0 Å². The van der Waals surface area contributed by atoms with E-state index in [1.165, 1.54) is 0 Å². The summed E-state index contributed by atoms with van der Waals surface area (Å²) in [5.41, 5.74) is 1.41. The topological polar surface area (TPSA) is 67.2 Å². The molecule has 1 N–H and O–H groups in total. The molecule has 3 rings (SSSR count). The molecule has 2 heterocycles. The van der Waals surface area contributed by atoms with E-state index >= 15 is 0 Å². The van der Waals surface area contributed by atoms with Crippen LogP contribution in [-0.2, 0) is 4.79 Å². The van der Waals surface area contributed by atoms with Gasteiger partial charge >= 0.3 is 0 Å². The zero-order valence-electron chi connectivity index (χ0n) is 14.0. The fourth-order valence-electron chi connectivity index (χ4n) is 2.88. The molecule has 0 radical (unpaired) electrons. The monoisotopic (exact) mass is 326 g/mol. The Morgan fingerprint density at radius 1 is 1.17 bits per heavy atom. The summed E-state index contributed by atoms with van der Waals surface area (Å²) in [6.45, 7) is 4.76. The van der Waals surface area contributed by atoms with Crippen molar-refractivity contribution in [2.45, 2.75) is 39.2 Å². The van der Waals surface area contributed by atoms with Gasteiger partial charge in [0.05, 0.1) is 6.20 Å². The third-order valence-electron chi connectivity index (χ3n) is 4.17. The highest BCUT2D eigenvalue weighted by Crippen LogP contribution is 2.22. The number of rotatable bonds is 4. The number of amides is 2. The smallest absolute Gasteiger partial charge is 0.256 e. The maximum absolute atomic E-state index is 12.4. The molecule has 2 aromatic rings. The second-order valence-electron chi connectivity index (χ2n) is 6.26. The molecule has 1 aliphatic rings. The van der Waals surface area contributed by atoms with Crippen molar-refractivity contribution in [3.63, 3.8) is 0 Å². The molecule has 0 unspecified atom stereocenters. The molecule has 1 aromatic heterocycles. The molecule has 0 saturated carbocycles. The van der Waals surface area contributed by atoms with Gasteiger partial charge in [0.1, 0.15) is 5.82 Å². The van der Waals surface area contributed by atoms with Crippen LogP contribution in [0.4, 0.5) is 11.5 Å². The maximum Gasteiger partial charge on any atom is 0.256 e. The highest BCUT2D eigenvalue weighted by Gasteiger charge is 2.20. The summed E-state index contributed by atoms with van der Waals surface area (Å²) in [5.74, 6) is 0.637. The van der Waals surface area contributed by atoms with E-state index in [9.17, 15) is 9.59 Å². The molecular formula is C18H22N4O2. The summed E-state index contributed by atoms with van der Waals surface area (Å²) in [6.07, 6.45) is 4.24. The van der Waals surface area contributed by atoms with Crippen LogP contribution in [0.15, 0.2) is 36.5 Å². The lowest BCUT2D eigenvalue weighted by Crippen LogP contribution is -2.35. The van der Waals surface area contributed by atoms with Crippen molar-refractivity contribution in [3.8, 4) is 0 Å². The molecule has 6 heteroatoms. The quantitative estimate of drug-likeness (QED) is 0.938. The lowest BCUT2D eigenvalue weighted by molar-refractivity contribution is -0.119. The summed E-state index contributed by atoms with van der Waals surface area (Å²) in [6, 6.07) is 9.11. The van der Waals surface area contributed by atoms with Crippen molar-refractivity contribution in [3.05, 3.63) is 42.1 Å². The maximum atomic E-state index is 12.4. The number of benzene rings is 1. The average Bonchev–Trinajstić information content (AvgIpc) is 3.04. The predicted octanol–water partition coefficient (Wildman–Crippen LogP) is 3.23. The van der Waals surface area contributed by atoms with Gasteiger partial charge in [0.25, 0.3) is 5.91 Å². The van der Waals surface area contributed by atoms with E-state index in [4.69, 9.17) is 0 Å². The molecule has 1 saturated heterocycles. The minimum absolute atomic E-state index is 0.152. The van der Waals surface area contributed by atoms with Gasteiger partial charge < -0.3 is 10.2 Å². The number of carbonyl (C=O) groups excluding carboxylic acids is 2. The Kier molecular flexibility index (Phi) is 4.64. The molecule has 0 aliphatic carbocycles. The van der Waals surface area contributed by atoms with Crippen molar-refractivity contribution in [1.82, 2.24) is 9.78 Å². The summed E-state index contributed by atoms with van der Waals surface area (Å²) in [7, 11) is 0. The first-order chi connectivity index (χ1) is 11.6. The van der Waals surface area contributed by atoms with Crippen LogP contribution >= 0.6 is 0 Å². The van der Waals surface area contributed by atoms with E-state index in [0.29, 0.717) is 17.8 Å². The molecule has 0 spiro atoms. The van der Waals surface area contributed by atoms with E-state index in [-0.39, 0.29) is 17.9 Å². The molecule has 126 valence electrons. The third kappa shape index (κ3) is 3.32. The molecule has 1 aliphatic heterocycles. The lowest BCUT2D eigenvalue weighted by Gasteiger charge is -2.26. The standard InChI is InChI=1S/C18H22N4O2/c1-13(2)22-16(10-11-19-22)20-18(24)14-6-8-15(9-7-14)21-12-4-3-5-17(21)23/h6-11,13H,3-5,12H2,1-2H3,(H,20,24). The van der Waals surface area contributed by atoms with E-state index in [1.54, 1.807) is 34.0 Å². The highest BCUT2D eigenvalue weighted by atomic mass is 16.2. The number of nitrogens with one attached hydrogen (secondary N) is 1. The zero-order valence-corrected chi connectivity index (χ0v) is 14.0. The zero-order chi connectivity index (χ0) is 17.1. The Morgan fingerprint density at radius 3 is 2.58 bits per heavy atom. The molecule has 0 atom stereocenters. The third-order valence-corrected chi connectivity index (χ3v) is 4.17. The summed E-state index contributed by atoms with van der Waals surface area (Å²) < 4.78 is 1.76. The number of piperidine rings is 1. The van der Waals surface area contributed by atoms with Crippen LogP contribution in [0.25, 0.3) is 0 Å². The molecule has 6 nitrogen and oxygen atoms in total. The number of carbonyl (C=O) groups is 2. The predicted molar refractivity (Wildman–Crippen MR) is 93.2 cm³/mol. The highest BCUT2D eigenvalue weighted by molar-refractivity contribution is 6.04. The second kappa shape index (κ2) is 6.86. The minimum atomic E-state index is -0.186. The molecule has 0 bridgehead atoms. The lowest BCUT2D eigenvalue weighted by atomic mass is 10.1. The Balaban J connectivity index is 1.72. The number of anilines is 2. The summed E-state index contributed by atoms with van der Waals surface area (Å²) >= 11 is 0. The van der Waals surface area contributed by atoms with E-state index in [1.807, 2.05) is 26.0 Å². The van der Waals surface area contributed by atoms with Crippen molar-refractivity contribution in [1.29, 1.82) is 0 Å². The van der Waals surface area contributed by atoms with Crippen LogP contribution in [0.1, 0.15) is 49.5 Å². The first-order valence-electron chi connectivity index (χ1n) is 8.31. The fraction of sp³-hybridized carbons (Fsp3) is 0.389. The molecule has 2 amide bonds. The molecule has 1 aromatic carbocycles. The minimum Gasteiger partial charge on any atom is -0.312 e. The van der Waals surface area contributed by atoms with Gasteiger partial charge in [-0.2, -0.15) is 5.10 Å². The second-order valence-corrected chi connectivity index (χ2v) is 6.26. The van der Waals surface area contributed by atoms with Crippen molar-refractivity contribution in [2.75, 3.05) is 16.8 Å². The Bertz CT molecular complexity index is 734. The summed E-state index contributed by atoms with van der Waals surface area (Å²) in [4.78, 5) is 26.2. The van der Waals surface area contributed by atoms with Gasteiger partial charge in [0.2, 0.25) is 5.91 Å². The van der Waals surface area contributed by atoms with Crippen LogP contribution in [0, 0.1) is 0 Å². The average molecular weight is 326 g/mol. The van der Waals surface area contributed by atoms with Crippen molar-refractivity contribution in [2.24, 2.45) is 0 Å². The molecule has 24 heavy (non-hydrogen) atoms. The van der Waals surface area contributed by atoms with Crippen molar-refractivity contribution >= 4 is 23.3 Å². The SMILES string of the molecule is CC(C)n1nccc1NC(=O)c1ccc(N2CCCCC2=O)cc1. The Morgan fingerprint density at radius 2 is 1.92 bits per heavy atom. The number of hydrogen-bond acceptors (Lipinski definition) is 3. The van der Waals surface area contributed by atoms with Gasteiger partial charge in [-0.25, -0.2) is 4.68 Å². The van der Waals surface area contributed by atoms with Crippen molar-refractivity contribution < 1.29 is 9.59 Å². The van der Waals surface area contributed by atoms with Crippen LogP contribution in [-0.4, -0.2) is 28.1 Å². The number of hydrogen-bond donors (Lipinski definition) is 1. The Labute approximate surface area is 141 Å². The van der Waals surface area contributed by atoms with Gasteiger partial charge in [-0.3, -0.25) is 9.59 Å². The molecule has 1 fully saturated rings. The van der Waals surface area contributed by atoms with Gasteiger partial charge in [0, 0.05) is 36.3 Å². The van der Waals surface area contributed by atoms with E-state index < -0.39 is 0 Å². The summed E-state index contributed by atoms with van der Waals surface area (Å²) in [5, 5.41) is 7.08. The normalized spacial score (nSPS) is 15.0.